The van der Waals surface area contributed by atoms with Crippen LogP contribution in [-0.2, 0) is 4.79 Å². The summed E-state index contributed by atoms with van der Waals surface area (Å²) in [6, 6.07) is 17.0. The van der Waals surface area contributed by atoms with E-state index in [4.69, 9.17) is 0 Å². The van der Waals surface area contributed by atoms with Gasteiger partial charge < -0.3 is 5.32 Å². The van der Waals surface area contributed by atoms with E-state index in [0.717, 1.165) is 39.8 Å². The Kier molecular flexibility index (Phi) is 7.61. The van der Waals surface area contributed by atoms with Gasteiger partial charge in [0.15, 0.2) is 5.57 Å². The molecule has 158 valence electrons. The summed E-state index contributed by atoms with van der Waals surface area (Å²) in [6.45, 7) is 4.41. The molecule has 2 aromatic carbocycles. The first kappa shape index (κ1) is 22.7. The molecule has 0 unspecified atom stereocenters. The van der Waals surface area contributed by atoms with Crippen LogP contribution in [0.3, 0.4) is 0 Å². The van der Waals surface area contributed by atoms with Crippen LogP contribution in [0.5, 0.6) is 0 Å². The molecular weight excluding hydrogens is 474 g/mol. The second-order valence-corrected chi connectivity index (χ2v) is 8.85. The molecule has 31 heavy (non-hydrogen) atoms. The first-order valence-corrected chi connectivity index (χ1v) is 11.6. The quantitative estimate of drug-likeness (QED) is 0.532. The van der Waals surface area contributed by atoms with Crippen LogP contribution in [0, 0.1) is 18.3 Å². The fourth-order valence-corrected chi connectivity index (χ4v) is 4.56. The van der Waals surface area contributed by atoms with Crippen LogP contribution >= 0.6 is 27.3 Å². The van der Waals surface area contributed by atoms with Gasteiger partial charge in [0.2, 0.25) is 0 Å². The van der Waals surface area contributed by atoms with Crippen molar-refractivity contribution >= 4 is 44.8 Å². The van der Waals surface area contributed by atoms with E-state index in [9.17, 15) is 14.9 Å². The molecule has 0 fully saturated rings. The van der Waals surface area contributed by atoms with Crippen LogP contribution in [0.25, 0.3) is 17.3 Å². The number of rotatable bonds is 6. The molecule has 0 saturated carbocycles. The molecule has 0 aliphatic rings. The summed E-state index contributed by atoms with van der Waals surface area (Å²) < 4.78 is 3.10. The molecule has 3 aromatic rings. The number of thiazole rings is 1. The molecule has 1 aromatic heterocycles. The smallest absolute Gasteiger partial charge is 0.273 e. The molecule has 1 N–H and O–H groups in total. The highest BCUT2D eigenvalue weighted by molar-refractivity contribution is 9.10. The van der Waals surface area contributed by atoms with Crippen LogP contribution in [0.2, 0.25) is 0 Å². The predicted molar refractivity (Wildman–Crippen MR) is 129 cm³/mol. The highest BCUT2D eigenvalue weighted by Crippen LogP contribution is 2.16. The maximum atomic E-state index is 13.4. The van der Waals surface area contributed by atoms with Gasteiger partial charge in [-0.3, -0.25) is 14.2 Å². The van der Waals surface area contributed by atoms with Gasteiger partial charge in [-0.2, -0.15) is 5.26 Å². The number of nitrogens with one attached hydrogen (secondary N) is 1. The van der Waals surface area contributed by atoms with Crippen molar-refractivity contribution in [2.75, 3.05) is 6.54 Å². The van der Waals surface area contributed by atoms with Crippen molar-refractivity contribution in [3.63, 3.8) is 0 Å². The van der Waals surface area contributed by atoms with Gasteiger partial charge in [-0.15, -0.1) is 11.3 Å². The average Bonchev–Trinajstić information content (AvgIpc) is 3.06. The minimum atomic E-state index is -0.466. The van der Waals surface area contributed by atoms with Gasteiger partial charge in [-0.05, 0) is 42.7 Å². The van der Waals surface area contributed by atoms with Crippen LogP contribution in [0.15, 0.2) is 57.8 Å². The SMILES string of the molecule is CCCCNC(=O)C(C#N)=c1sc(=Cc2ccccc2Br)c(=O)n1-c1ccccc1C. The normalized spacial score (nSPS) is 12.4. The molecule has 7 heteroatoms. The van der Waals surface area contributed by atoms with Crippen molar-refractivity contribution in [3.05, 3.63) is 83.7 Å². The minimum absolute atomic E-state index is 0.0618. The molecule has 0 saturated heterocycles. The van der Waals surface area contributed by atoms with E-state index in [1.807, 2.05) is 68.4 Å². The number of unbranched alkanes of at least 4 members (excludes halogenated alkanes) is 1. The lowest BCUT2D eigenvalue weighted by atomic mass is 10.2. The van der Waals surface area contributed by atoms with Gasteiger partial charge >= 0.3 is 0 Å². The van der Waals surface area contributed by atoms with Crippen molar-refractivity contribution in [2.24, 2.45) is 0 Å². The average molecular weight is 496 g/mol. The van der Waals surface area contributed by atoms with Gasteiger partial charge in [-0.1, -0.05) is 65.7 Å². The number of aromatic nitrogens is 1. The number of benzene rings is 2. The Balaban J connectivity index is 2.34. The lowest BCUT2D eigenvalue weighted by molar-refractivity contribution is -0.115. The van der Waals surface area contributed by atoms with E-state index in [-0.39, 0.29) is 11.1 Å². The standard InChI is InChI=1S/C24H22BrN3O2S/c1-3-4-13-27-22(29)18(15-26)24-28(20-12-8-5-9-16(20)2)23(30)21(31-24)14-17-10-6-7-11-19(17)25/h5-12,14H,3-4,13H2,1-2H3,(H,27,29). The molecule has 0 bridgehead atoms. The number of hydrogen-bond acceptors (Lipinski definition) is 4. The predicted octanol–water partition coefficient (Wildman–Crippen LogP) is 3.39. The van der Waals surface area contributed by atoms with Crippen molar-refractivity contribution in [2.45, 2.75) is 26.7 Å². The van der Waals surface area contributed by atoms with E-state index in [1.54, 1.807) is 6.08 Å². The van der Waals surface area contributed by atoms with Gasteiger partial charge in [-0.25, -0.2) is 0 Å². The van der Waals surface area contributed by atoms with Gasteiger partial charge in [0.05, 0.1) is 10.2 Å². The first-order chi connectivity index (χ1) is 15.0. The number of hydrogen-bond donors (Lipinski definition) is 1. The molecule has 0 atom stereocenters. The molecule has 1 amide bonds. The van der Waals surface area contributed by atoms with Crippen molar-refractivity contribution < 1.29 is 4.79 Å². The molecule has 0 spiro atoms. The summed E-state index contributed by atoms with van der Waals surface area (Å²) in [5.41, 5.74) is 2.04. The van der Waals surface area contributed by atoms with Crippen LogP contribution in [0.4, 0.5) is 0 Å². The second-order valence-electron chi connectivity index (χ2n) is 6.96. The molecule has 0 aliphatic heterocycles. The Morgan fingerprint density at radius 3 is 2.61 bits per heavy atom. The summed E-state index contributed by atoms with van der Waals surface area (Å²) >= 11 is 4.65. The number of nitrogens with zero attached hydrogens (tertiary/aromatic N) is 2. The number of para-hydroxylation sites is 1. The largest absolute Gasteiger partial charge is 0.351 e. The van der Waals surface area contributed by atoms with E-state index in [2.05, 4.69) is 21.2 Å². The maximum Gasteiger partial charge on any atom is 0.273 e. The van der Waals surface area contributed by atoms with Gasteiger partial charge in [0.1, 0.15) is 10.7 Å². The first-order valence-electron chi connectivity index (χ1n) is 9.94. The lowest BCUT2D eigenvalue weighted by Gasteiger charge is -2.07. The Hall–Kier alpha value is -2.95. The summed E-state index contributed by atoms with van der Waals surface area (Å²) in [4.78, 5) is 26.2. The summed E-state index contributed by atoms with van der Waals surface area (Å²) in [5.74, 6) is -0.466. The van der Waals surface area contributed by atoms with E-state index in [0.29, 0.717) is 21.4 Å². The molecule has 0 radical (unpaired) electrons. The van der Waals surface area contributed by atoms with Crippen molar-refractivity contribution in [1.82, 2.24) is 9.88 Å². The minimum Gasteiger partial charge on any atom is -0.351 e. The Morgan fingerprint density at radius 2 is 1.94 bits per heavy atom. The fraction of sp³-hybridized carbons (Fsp3) is 0.208. The summed E-state index contributed by atoms with van der Waals surface area (Å²) in [5, 5.41) is 12.6. The number of carbonyl (C=O) groups excluding carboxylic acids is 1. The van der Waals surface area contributed by atoms with Crippen molar-refractivity contribution in [1.29, 1.82) is 5.26 Å². The van der Waals surface area contributed by atoms with Gasteiger partial charge in [0.25, 0.3) is 11.5 Å². The van der Waals surface area contributed by atoms with Crippen molar-refractivity contribution in [3.8, 4) is 11.8 Å². The molecule has 1 heterocycles. The zero-order valence-electron chi connectivity index (χ0n) is 17.3. The highest BCUT2D eigenvalue weighted by atomic mass is 79.9. The second kappa shape index (κ2) is 10.4. The molecular formula is C24H22BrN3O2S. The number of halogens is 1. The maximum absolute atomic E-state index is 13.4. The Bertz CT molecular complexity index is 1330. The summed E-state index contributed by atoms with van der Waals surface area (Å²) in [7, 11) is 0. The zero-order chi connectivity index (χ0) is 22.4. The van der Waals surface area contributed by atoms with Crippen LogP contribution in [0.1, 0.15) is 30.9 Å². The number of amides is 1. The topological polar surface area (TPSA) is 74.9 Å². The molecule has 5 nitrogen and oxygen atoms in total. The lowest BCUT2D eigenvalue weighted by Crippen LogP contribution is -2.34. The van der Waals surface area contributed by atoms with Crippen LogP contribution < -0.4 is 20.1 Å². The van der Waals surface area contributed by atoms with E-state index >= 15 is 0 Å². The highest BCUT2D eigenvalue weighted by Gasteiger charge is 2.17. The van der Waals surface area contributed by atoms with E-state index < -0.39 is 5.91 Å². The van der Waals surface area contributed by atoms with E-state index in [1.165, 1.54) is 4.57 Å². The van der Waals surface area contributed by atoms with Gasteiger partial charge in [0, 0.05) is 11.0 Å². The van der Waals surface area contributed by atoms with Crippen LogP contribution in [-0.4, -0.2) is 17.0 Å². The Labute approximate surface area is 193 Å². The fourth-order valence-electron chi connectivity index (χ4n) is 3.08. The monoisotopic (exact) mass is 495 g/mol. The molecule has 0 aliphatic carbocycles. The molecule has 3 rings (SSSR count). The summed E-state index contributed by atoms with van der Waals surface area (Å²) in [6.07, 6.45) is 3.53. The third kappa shape index (κ3) is 5.04. The zero-order valence-corrected chi connectivity index (χ0v) is 19.7. The third-order valence-corrected chi connectivity index (χ3v) is 6.55. The number of aryl methyl sites for hydroxylation is 1. The number of nitriles is 1. The third-order valence-electron chi connectivity index (χ3n) is 4.74. The Morgan fingerprint density at radius 1 is 1.23 bits per heavy atom. The number of carbonyl (C=O) groups is 1.